The Morgan fingerprint density at radius 3 is 2.44 bits per heavy atom. The summed E-state index contributed by atoms with van der Waals surface area (Å²) in [6.07, 6.45) is 0. The minimum atomic E-state index is -0.338. The number of carbonyl (C=O) groups excluding carboxylic acids is 1. The summed E-state index contributed by atoms with van der Waals surface area (Å²) in [5.74, 6) is 0.919. The van der Waals surface area contributed by atoms with Crippen LogP contribution in [0.4, 0.5) is 17.2 Å². The maximum absolute atomic E-state index is 12.6. The summed E-state index contributed by atoms with van der Waals surface area (Å²) in [6, 6.07) is 19.0. The van der Waals surface area contributed by atoms with Crippen LogP contribution in [0.5, 0.6) is 5.75 Å². The molecule has 166 valence electrons. The molecule has 0 bridgehead atoms. The Kier molecular flexibility index (Phi) is 6.39. The first-order valence-electron chi connectivity index (χ1n) is 10.6. The second kappa shape index (κ2) is 9.55. The number of nitrogens with one attached hydrogen (secondary N) is 1. The highest BCUT2D eigenvalue weighted by atomic mass is 16.5. The van der Waals surface area contributed by atoms with Crippen LogP contribution in [0, 0.1) is 6.92 Å². The van der Waals surface area contributed by atoms with Gasteiger partial charge in [0.05, 0.1) is 12.8 Å². The maximum Gasteiger partial charge on any atom is 0.267 e. The van der Waals surface area contributed by atoms with E-state index in [-0.39, 0.29) is 18.0 Å². The molecule has 0 radical (unpaired) electrons. The van der Waals surface area contributed by atoms with Crippen molar-refractivity contribution in [2.24, 2.45) is 0 Å². The van der Waals surface area contributed by atoms with Crippen LogP contribution in [0.3, 0.4) is 0 Å². The lowest BCUT2D eigenvalue weighted by Crippen LogP contribution is -2.47. The third-order valence-electron chi connectivity index (χ3n) is 5.50. The zero-order valence-corrected chi connectivity index (χ0v) is 18.3. The molecule has 2 aromatic carbocycles. The zero-order chi connectivity index (χ0) is 22.5. The normalized spacial score (nSPS) is 13.7. The molecular formula is C24H27N5O3. The molecule has 1 saturated heterocycles. The van der Waals surface area contributed by atoms with Crippen LogP contribution in [0.2, 0.25) is 0 Å². The molecule has 1 aromatic heterocycles. The summed E-state index contributed by atoms with van der Waals surface area (Å²) in [7, 11) is 1.55. The highest BCUT2D eigenvalue weighted by molar-refractivity contribution is 5.92. The zero-order valence-electron chi connectivity index (χ0n) is 18.3. The van der Waals surface area contributed by atoms with Gasteiger partial charge >= 0.3 is 0 Å². The monoisotopic (exact) mass is 433 g/mol. The number of rotatable bonds is 6. The standard InChI is InChI=1S/C24H27N5O3/c1-18-8-9-21(32-2)20(16-18)25-23(30)17-29-24(31)11-10-22(26-29)28-14-12-27(13-15-28)19-6-4-3-5-7-19/h3-11,16H,12-15,17H2,1-2H3,(H,25,30). The Labute approximate surface area is 187 Å². The lowest BCUT2D eigenvalue weighted by molar-refractivity contribution is -0.117. The Bertz CT molecular complexity index is 1140. The van der Waals surface area contributed by atoms with Crippen molar-refractivity contribution in [2.75, 3.05) is 48.4 Å². The number of hydrogen-bond acceptors (Lipinski definition) is 6. The van der Waals surface area contributed by atoms with Gasteiger partial charge in [-0.2, -0.15) is 5.10 Å². The van der Waals surface area contributed by atoms with Crippen molar-refractivity contribution in [3.05, 3.63) is 76.6 Å². The number of benzene rings is 2. The van der Waals surface area contributed by atoms with Gasteiger partial charge in [0.15, 0.2) is 0 Å². The topological polar surface area (TPSA) is 79.7 Å². The summed E-state index contributed by atoms with van der Waals surface area (Å²) in [4.78, 5) is 29.4. The number of para-hydroxylation sites is 1. The molecule has 0 spiro atoms. The minimum absolute atomic E-state index is 0.173. The number of aromatic nitrogens is 2. The molecule has 2 heterocycles. The lowest BCUT2D eigenvalue weighted by Gasteiger charge is -2.36. The predicted molar refractivity (Wildman–Crippen MR) is 126 cm³/mol. The van der Waals surface area contributed by atoms with Crippen molar-refractivity contribution < 1.29 is 9.53 Å². The van der Waals surface area contributed by atoms with E-state index < -0.39 is 0 Å². The molecule has 1 aliphatic heterocycles. The third-order valence-corrected chi connectivity index (χ3v) is 5.50. The van der Waals surface area contributed by atoms with E-state index >= 15 is 0 Å². The molecule has 32 heavy (non-hydrogen) atoms. The summed E-state index contributed by atoms with van der Waals surface area (Å²) in [5, 5.41) is 7.27. The molecule has 1 aliphatic rings. The van der Waals surface area contributed by atoms with Crippen LogP contribution in [0.15, 0.2) is 65.5 Å². The van der Waals surface area contributed by atoms with Gasteiger partial charge in [-0.3, -0.25) is 9.59 Å². The molecule has 0 aliphatic carbocycles. The number of amides is 1. The lowest BCUT2D eigenvalue weighted by atomic mass is 10.2. The van der Waals surface area contributed by atoms with Crippen LogP contribution in [-0.4, -0.2) is 49.0 Å². The van der Waals surface area contributed by atoms with Crippen LogP contribution < -0.4 is 25.4 Å². The smallest absolute Gasteiger partial charge is 0.267 e. The Balaban J connectivity index is 1.43. The van der Waals surface area contributed by atoms with E-state index in [0.717, 1.165) is 31.7 Å². The van der Waals surface area contributed by atoms with Crippen LogP contribution in [0.1, 0.15) is 5.56 Å². The molecule has 1 N–H and O–H groups in total. The summed E-state index contributed by atoms with van der Waals surface area (Å²) in [5.41, 5.74) is 2.45. The second-order valence-electron chi connectivity index (χ2n) is 7.75. The number of aryl methyl sites for hydroxylation is 1. The van der Waals surface area contributed by atoms with Gasteiger partial charge in [-0.05, 0) is 42.8 Å². The largest absolute Gasteiger partial charge is 0.495 e. The van der Waals surface area contributed by atoms with Crippen molar-refractivity contribution in [3.8, 4) is 5.75 Å². The average molecular weight is 434 g/mol. The number of carbonyl (C=O) groups is 1. The summed E-state index contributed by atoms with van der Waals surface area (Å²) in [6.45, 7) is 5.05. The Morgan fingerprint density at radius 1 is 1.00 bits per heavy atom. The molecule has 0 atom stereocenters. The Morgan fingerprint density at radius 2 is 1.72 bits per heavy atom. The quantitative estimate of drug-likeness (QED) is 0.644. The summed E-state index contributed by atoms with van der Waals surface area (Å²) < 4.78 is 6.51. The van der Waals surface area contributed by atoms with E-state index in [2.05, 4.69) is 32.3 Å². The molecule has 0 unspecified atom stereocenters. The average Bonchev–Trinajstić information content (AvgIpc) is 2.81. The van der Waals surface area contributed by atoms with E-state index in [0.29, 0.717) is 17.3 Å². The van der Waals surface area contributed by atoms with Crippen molar-refractivity contribution in [2.45, 2.75) is 13.5 Å². The number of nitrogens with zero attached hydrogens (tertiary/aromatic N) is 4. The van der Waals surface area contributed by atoms with Gasteiger partial charge in [-0.1, -0.05) is 24.3 Å². The molecular weight excluding hydrogens is 406 g/mol. The highest BCUT2D eigenvalue weighted by Crippen LogP contribution is 2.25. The third kappa shape index (κ3) is 4.91. The first kappa shape index (κ1) is 21.4. The van der Waals surface area contributed by atoms with E-state index in [1.165, 1.54) is 16.4 Å². The fourth-order valence-corrected chi connectivity index (χ4v) is 3.80. The first-order chi connectivity index (χ1) is 15.5. The fourth-order valence-electron chi connectivity index (χ4n) is 3.80. The van der Waals surface area contributed by atoms with Gasteiger partial charge in [0.25, 0.3) is 5.56 Å². The molecule has 1 amide bonds. The molecule has 4 rings (SSSR count). The number of ether oxygens (including phenoxy) is 1. The number of hydrogen-bond donors (Lipinski definition) is 1. The van der Waals surface area contributed by atoms with Crippen LogP contribution in [0.25, 0.3) is 0 Å². The SMILES string of the molecule is COc1ccc(C)cc1NC(=O)Cn1nc(N2CCN(c3ccccc3)CC2)ccc1=O. The van der Waals surface area contributed by atoms with E-state index in [1.54, 1.807) is 19.2 Å². The van der Waals surface area contributed by atoms with Gasteiger partial charge in [-0.25, -0.2) is 4.68 Å². The van der Waals surface area contributed by atoms with E-state index in [4.69, 9.17) is 4.74 Å². The highest BCUT2D eigenvalue weighted by Gasteiger charge is 2.19. The number of piperazine rings is 1. The minimum Gasteiger partial charge on any atom is -0.495 e. The van der Waals surface area contributed by atoms with Gasteiger partial charge in [0.1, 0.15) is 18.1 Å². The van der Waals surface area contributed by atoms with Gasteiger partial charge < -0.3 is 19.9 Å². The number of methoxy groups -OCH3 is 1. The van der Waals surface area contributed by atoms with Crippen molar-refractivity contribution in [3.63, 3.8) is 0 Å². The van der Waals surface area contributed by atoms with Crippen LogP contribution >= 0.6 is 0 Å². The predicted octanol–water partition coefficient (Wildman–Crippen LogP) is 2.53. The molecule has 0 saturated carbocycles. The molecule has 8 heteroatoms. The van der Waals surface area contributed by atoms with Gasteiger partial charge in [-0.15, -0.1) is 0 Å². The molecule has 3 aromatic rings. The van der Waals surface area contributed by atoms with Gasteiger partial charge in [0, 0.05) is 37.9 Å². The Hall–Kier alpha value is -3.81. The summed E-state index contributed by atoms with van der Waals surface area (Å²) >= 11 is 0. The molecule has 8 nitrogen and oxygen atoms in total. The van der Waals surface area contributed by atoms with Crippen molar-refractivity contribution >= 4 is 23.1 Å². The van der Waals surface area contributed by atoms with Gasteiger partial charge in [0.2, 0.25) is 5.91 Å². The molecule has 1 fully saturated rings. The fraction of sp³-hybridized carbons (Fsp3) is 0.292. The number of anilines is 3. The first-order valence-corrected chi connectivity index (χ1v) is 10.6. The van der Waals surface area contributed by atoms with E-state index in [1.807, 2.05) is 37.3 Å². The van der Waals surface area contributed by atoms with Crippen molar-refractivity contribution in [1.29, 1.82) is 0 Å². The maximum atomic E-state index is 12.6. The van der Waals surface area contributed by atoms with Crippen molar-refractivity contribution in [1.82, 2.24) is 9.78 Å². The van der Waals surface area contributed by atoms with Crippen LogP contribution in [-0.2, 0) is 11.3 Å². The van der Waals surface area contributed by atoms with E-state index in [9.17, 15) is 9.59 Å². The second-order valence-corrected chi connectivity index (χ2v) is 7.75.